The van der Waals surface area contributed by atoms with E-state index in [1.807, 2.05) is 0 Å². The number of hydrogen-bond acceptors (Lipinski definition) is 4. The average molecular weight is 514 g/mol. The summed E-state index contributed by atoms with van der Waals surface area (Å²) in [6.07, 6.45) is 5.12. The zero-order valence-electron chi connectivity index (χ0n) is 17.9. The molecule has 0 spiro atoms. The summed E-state index contributed by atoms with van der Waals surface area (Å²) < 4.78 is 11.6. The van der Waals surface area contributed by atoms with E-state index in [0.29, 0.717) is 12.6 Å². The zero-order chi connectivity index (χ0) is 19.5. The lowest BCUT2D eigenvalue weighted by molar-refractivity contribution is 0.249. The number of nitrogens with zero attached hydrogens (tertiary/aromatic N) is 3. The molecular weight excluding hydrogens is 479 g/mol. The van der Waals surface area contributed by atoms with Crippen molar-refractivity contribution in [1.29, 1.82) is 0 Å². The van der Waals surface area contributed by atoms with Crippen molar-refractivity contribution < 1.29 is 9.47 Å². The molecule has 3 heterocycles. The number of halogens is 1. The van der Waals surface area contributed by atoms with Gasteiger partial charge in [-0.15, -0.1) is 24.0 Å². The Labute approximate surface area is 192 Å². The van der Waals surface area contributed by atoms with Gasteiger partial charge in [0.25, 0.3) is 0 Å². The van der Waals surface area contributed by atoms with Crippen molar-refractivity contribution in [3.8, 4) is 11.5 Å². The molecule has 0 bridgehead atoms. The van der Waals surface area contributed by atoms with Crippen LogP contribution in [0.5, 0.6) is 11.5 Å². The minimum absolute atomic E-state index is 0. The molecule has 2 unspecified atom stereocenters. The van der Waals surface area contributed by atoms with Gasteiger partial charge in [-0.25, -0.2) is 4.99 Å². The Balaban J connectivity index is 0.00000240. The minimum Gasteiger partial charge on any atom is -0.496 e. The van der Waals surface area contributed by atoms with E-state index in [4.69, 9.17) is 14.5 Å². The molecule has 3 aliphatic rings. The maximum atomic E-state index is 5.94. The molecule has 0 amide bonds. The van der Waals surface area contributed by atoms with Crippen molar-refractivity contribution in [3.05, 3.63) is 23.3 Å². The van der Waals surface area contributed by atoms with E-state index in [0.717, 1.165) is 49.1 Å². The first-order valence-corrected chi connectivity index (χ1v) is 10.8. The molecule has 7 heteroatoms. The summed E-state index contributed by atoms with van der Waals surface area (Å²) in [6.45, 7) is 10.4. The predicted octanol–water partition coefficient (Wildman–Crippen LogP) is 3.27. The van der Waals surface area contributed by atoms with Gasteiger partial charge < -0.3 is 19.7 Å². The van der Waals surface area contributed by atoms with E-state index < -0.39 is 0 Å². The standard InChI is InChI=1S/C22H34N4O2.HI/c1-4-23-22(26-10-7-19(15-26)25-8-5-6-9-25)24-14-18-13-21-17(11-16(2)28-21)12-20(18)27-3;/h12-13,16,19H,4-11,14-15H2,1-3H3,(H,23,24);1H. The van der Waals surface area contributed by atoms with Gasteiger partial charge in [0.15, 0.2) is 5.96 Å². The number of benzene rings is 1. The van der Waals surface area contributed by atoms with Crippen LogP contribution in [0.3, 0.4) is 0 Å². The molecule has 1 aromatic carbocycles. The molecule has 0 aromatic heterocycles. The lowest BCUT2D eigenvalue weighted by Gasteiger charge is -2.25. The van der Waals surface area contributed by atoms with Crippen molar-refractivity contribution in [1.82, 2.24) is 15.1 Å². The van der Waals surface area contributed by atoms with Gasteiger partial charge in [0.2, 0.25) is 0 Å². The lowest BCUT2D eigenvalue weighted by Crippen LogP contribution is -2.42. The van der Waals surface area contributed by atoms with Crippen LogP contribution < -0.4 is 14.8 Å². The second-order valence-corrected chi connectivity index (χ2v) is 8.21. The molecule has 162 valence electrons. The Morgan fingerprint density at radius 2 is 2.07 bits per heavy atom. The summed E-state index contributed by atoms with van der Waals surface area (Å²) in [5.41, 5.74) is 2.32. The van der Waals surface area contributed by atoms with Crippen molar-refractivity contribution in [2.75, 3.05) is 39.8 Å². The molecule has 1 N–H and O–H groups in total. The number of nitrogens with one attached hydrogen (secondary N) is 1. The van der Waals surface area contributed by atoms with E-state index in [2.05, 4.69) is 41.1 Å². The Morgan fingerprint density at radius 3 is 2.79 bits per heavy atom. The number of rotatable bonds is 5. The zero-order valence-corrected chi connectivity index (χ0v) is 20.3. The molecule has 0 saturated carbocycles. The molecule has 4 rings (SSSR count). The van der Waals surface area contributed by atoms with Gasteiger partial charge in [0.1, 0.15) is 17.6 Å². The van der Waals surface area contributed by atoms with Crippen LogP contribution >= 0.6 is 24.0 Å². The smallest absolute Gasteiger partial charge is 0.194 e. The van der Waals surface area contributed by atoms with E-state index in [9.17, 15) is 0 Å². The Kier molecular flexibility index (Phi) is 7.90. The largest absolute Gasteiger partial charge is 0.496 e. The highest BCUT2D eigenvalue weighted by Crippen LogP contribution is 2.35. The number of likely N-dealkylation sites (tertiary alicyclic amines) is 2. The van der Waals surface area contributed by atoms with Crippen LogP contribution in [0.1, 0.15) is 44.2 Å². The summed E-state index contributed by atoms with van der Waals surface area (Å²) in [5, 5.41) is 3.49. The number of guanidine groups is 1. The van der Waals surface area contributed by atoms with E-state index >= 15 is 0 Å². The van der Waals surface area contributed by atoms with Crippen LogP contribution in [0.25, 0.3) is 0 Å². The molecule has 2 fully saturated rings. The summed E-state index contributed by atoms with van der Waals surface area (Å²) in [5.74, 6) is 2.91. The summed E-state index contributed by atoms with van der Waals surface area (Å²) >= 11 is 0. The van der Waals surface area contributed by atoms with Crippen LogP contribution in [0, 0.1) is 0 Å². The van der Waals surface area contributed by atoms with Crippen LogP contribution in [0.15, 0.2) is 17.1 Å². The fraction of sp³-hybridized carbons (Fsp3) is 0.682. The van der Waals surface area contributed by atoms with Gasteiger partial charge in [-0.05, 0) is 58.3 Å². The van der Waals surface area contributed by atoms with Crippen molar-refractivity contribution >= 4 is 29.9 Å². The summed E-state index contributed by atoms with van der Waals surface area (Å²) in [6, 6.07) is 4.91. The first kappa shape index (κ1) is 22.5. The van der Waals surface area contributed by atoms with Crippen molar-refractivity contribution in [2.45, 2.75) is 58.2 Å². The van der Waals surface area contributed by atoms with Gasteiger partial charge in [-0.1, -0.05) is 0 Å². The second-order valence-electron chi connectivity index (χ2n) is 8.21. The van der Waals surface area contributed by atoms with Crippen molar-refractivity contribution in [2.24, 2.45) is 4.99 Å². The molecule has 0 radical (unpaired) electrons. The summed E-state index contributed by atoms with van der Waals surface area (Å²) in [7, 11) is 1.74. The quantitative estimate of drug-likeness (QED) is 0.372. The second kappa shape index (κ2) is 10.2. The molecule has 29 heavy (non-hydrogen) atoms. The molecule has 6 nitrogen and oxygen atoms in total. The monoisotopic (exact) mass is 514 g/mol. The normalized spacial score (nSPS) is 24.2. The average Bonchev–Trinajstić information content (AvgIpc) is 3.43. The predicted molar refractivity (Wildman–Crippen MR) is 128 cm³/mol. The van der Waals surface area contributed by atoms with Crippen molar-refractivity contribution in [3.63, 3.8) is 0 Å². The van der Waals surface area contributed by atoms with E-state index in [1.54, 1.807) is 7.11 Å². The highest BCUT2D eigenvalue weighted by atomic mass is 127. The first-order chi connectivity index (χ1) is 13.7. The highest BCUT2D eigenvalue weighted by molar-refractivity contribution is 14.0. The molecule has 1 aromatic rings. The Morgan fingerprint density at radius 1 is 1.28 bits per heavy atom. The third kappa shape index (κ3) is 5.10. The van der Waals surface area contributed by atoms with Crippen LogP contribution in [-0.2, 0) is 13.0 Å². The number of ether oxygens (including phenoxy) is 2. The van der Waals surface area contributed by atoms with Gasteiger partial charge in [0.05, 0.1) is 13.7 Å². The number of aliphatic imine (C=N–C) groups is 1. The summed E-state index contributed by atoms with van der Waals surface area (Å²) in [4.78, 5) is 10.0. The molecule has 2 saturated heterocycles. The van der Waals surface area contributed by atoms with E-state index in [1.165, 1.54) is 37.9 Å². The maximum absolute atomic E-state index is 5.94. The van der Waals surface area contributed by atoms with Gasteiger partial charge in [-0.2, -0.15) is 0 Å². The van der Waals surface area contributed by atoms with Crippen LogP contribution in [0.2, 0.25) is 0 Å². The van der Waals surface area contributed by atoms with Crippen LogP contribution in [0.4, 0.5) is 0 Å². The minimum atomic E-state index is 0. The Hall–Kier alpha value is -1.22. The highest BCUT2D eigenvalue weighted by Gasteiger charge is 2.30. The third-order valence-electron chi connectivity index (χ3n) is 6.15. The fourth-order valence-corrected chi connectivity index (χ4v) is 4.72. The fourth-order valence-electron chi connectivity index (χ4n) is 4.72. The Bertz CT molecular complexity index is 721. The molecule has 0 aliphatic carbocycles. The molecule has 3 aliphatic heterocycles. The number of hydrogen-bond donors (Lipinski definition) is 1. The molecule has 2 atom stereocenters. The van der Waals surface area contributed by atoms with E-state index in [-0.39, 0.29) is 30.1 Å². The van der Waals surface area contributed by atoms with Gasteiger partial charge in [-0.3, -0.25) is 4.90 Å². The first-order valence-electron chi connectivity index (χ1n) is 10.8. The maximum Gasteiger partial charge on any atom is 0.194 e. The third-order valence-corrected chi connectivity index (χ3v) is 6.15. The topological polar surface area (TPSA) is 49.3 Å². The number of fused-ring (bicyclic) bond motifs is 1. The SMILES string of the molecule is CCNC(=NCc1cc2c(cc1OC)CC(C)O2)N1CCC(N2CCCC2)C1.I. The van der Waals surface area contributed by atoms with Gasteiger partial charge in [0, 0.05) is 43.2 Å². The number of methoxy groups -OCH3 is 1. The lowest BCUT2D eigenvalue weighted by atomic mass is 10.1. The van der Waals surface area contributed by atoms with Crippen LogP contribution in [-0.4, -0.2) is 67.7 Å². The molecular formula is C22H35IN4O2. The van der Waals surface area contributed by atoms with Gasteiger partial charge >= 0.3 is 0 Å².